The number of amides is 3. The van der Waals surface area contributed by atoms with Gasteiger partial charge in [0.05, 0.1) is 6.61 Å². The van der Waals surface area contributed by atoms with Gasteiger partial charge in [0.25, 0.3) is 0 Å². The maximum Gasteiger partial charge on any atom is 0.312 e. The summed E-state index contributed by atoms with van der Waals surface area (Å²) in [7, 11) is 0. The molecule has 4 N–H and O–H groups in total. The van der Waals surface area contributed by atoms with Crippen LogP contribution in [0.15, 0.2) is 0 Å². The number of urea groups is 1. The molecule has 1 saturated carbocycles. The number of hydrogen-bond acceptors (Lipinski definition) is 3. The van der Waals surface area contributed by atoms with Gasteiger partial charge in [0, 0.05) is 12.6 Å². The molecule has 0 spiro atoms. The predicted molar refractivity (Wildman–Crippen MR) is 67.8 cm³/mol. The smallest absolute Gasteiger partial charge is 0.312 e. The first-order valence-corrected chi connectivity index (χ1v) is 6.44. The second-order valence-electron chi connectivity index (χ2n) is 5.07. The summed E-state index contributed by atoms with van der Waals surface area (Å²) in [5.74, 6) is -0.186. The standard InChI is InChI=1S/C12H23N3O3/c1-8(2)10(14-12(13)18)11(17)15(6-7-16)9-4-3-5-9/h8-10,16H,3-7H2,1-2H3,(H3,13,14,18). The number of nitrogens with zero attached hydrogens (tertiary/aromatic N) is 1. The molecular formula is C12H23N3O3. The van der Waals surface area contributed by atoms with Gasteiger partial charge in [-0.2, -0.15) is 0 Å². The molecule has 6 heteroatoms. The number of aliphatic hydroxyl groups is 1. The van der Waals surface area contributed by atoms with Gasteiger partial charge in [-0.3, -0.25) is 4.79 Å². The third-order valence-electron chi connectivity index (χ3n) is 3.37. The van der Waals surface area contributed by atoms with Crippen LogP contribution >= 0.6 is 0 Å². The van der Waals surface area contributed by atoms with Gasteiger partial charge >= 0.3 is 6.03 Å². The van der Waals surface area contributed by atoms with E-state index in [9.17, 15) is 9.59 Å². The van der Waals surface area contributed by atoms with Crippen LogP contribution < -0.4 is 11.1 Å². The Morgan fingerprint density at radius 2 is 2.06 bits per heavy atom. The van der Waals surface area contributed by atoms with E-state index in [1.165, 1.54) is 0 Å². The van der Waals surface area contributed by atoms with Crippen LogP contribution in [0.1, 0.15) is 33.1 Å². The lowest BCUT2D eigenvalue weighted by atomic mass is 9.90. The van der Waals surface area contributed by atoms with E-state index >= 15 is 0 Å². The Balaban J connectivity index is 2.73. The van der Waals surface area contributed by atoms with Crippen molar-refractivity contribution in [3.05, 3.63) is 0 Å². The highest BCUT2D eigenvalue weighted by atomic mass is 16.3. The van der Waals surface area contributed by atoms with E-state index in [0.717, 1.165) is 19.3 Å². The van der Waals surface area contributed by atoms with Crippen molar-refractivity contribution >= 4 is 11.9 Å². The number of aliphatic hydroxyl groups excluding tert-OH is 1. The van der Waals surface area contributed by atoms with Crippen LogP contribution in [0, 0.1) is 5.92 Å². The lowest BCUT2D eigenvalue weighted by Gasteiger charge is -2.39. The summed E-state index contributed by atoms with van der Waals surface area (Å²) in [6.07, 6.45) is 3.04. The molecule has 3 amide bonds. The number of hydrogen-bond donors (Lipinski definition) is 3. The predicted octanol–water partition coefficient (Wildman–Crippen LogP) is 0.0527. The molecule has 0 aromatic rings. The Labute approximate surface area is 108 Å². The number of nitrogens with one attached hydrogen (secondary N) is 1. The molecule has 1 unspecified atom stereocenters. The van der Waals surface area contributed by atoms with E-state index in [1.807, 2.05) is 13.8 Å². The van der Waals surface area contributed by atoms with Crippen molar-refractivity contribution in [3.8, 4) is 0 Å². The molecular weight excluding hydrogens is 234 g/mol. The molecule has 0 bridgehead atoms. The first kappa shape index (κ1) is 14.8. The van der Waals surface area contributed by atoms with Crippen molar-refractivity contribution in [1.82, 2.24) is 10.2 Å². The summed E-state index contributed by atoms with van der Waals surface area (Å²) in [6, 6.07) is -1.12. The summed E-state index contributed by atoms with van der Waals surface area (Å²) in [5.41, 5.74) is 5.10. The van der Waals surface area contributed by atoms with Gasteiger partial charge in [0.1, 0.15) is 6.04 Å². The Kier molecular flexibility index (Phi) is 5.40. The van der Waals surface area contributed by atoms with Gasteiger partial charge in [0.15, 0.2) is 0 Å². The maximum atomic E-state index is 12.4. The van der Waals surface area contributed by atoms with Crippen molar-refractivity contribution in [3.63, 3.8) is 0 Å². The fourth-order valence-corrected chi connectivity index (χ4v) is 2.12. The van der Waals surface area contributed by atoms with Crippen molar-refractivity contribution in [2.24, 2.45) is 11.7 Å². The van der Waals surface area contributed by atoms with Gasteiger partial charge in [0.2, 0.25) is 5.91 Å². The molecule has 1 rings (SSSR count). The van der Waals surface area contributed by atoms with Gasteiger partial charge < -0.3 is 21.1 Å². The second kappa shape index (κ2) is 6.58. The number of carbonyl (C=O) groups is 2. The molecule has 0 aliphatic heterocycles. The van der Waals surface area contributed by atoms with Gasteiger partial charge in [-0.1, -0.05) is 13.8 Å². The molecule has 0 radical (unpaired) electrons. The Bertz CT molecular complexity index is 303. The van der Waals surface area contributed by atoms with Crippen LogP contribution in [-0.4, -0.2) is 47.2 Å². The Morgan fingerprint density at radius 1 is 1.44 bits per heavy atom. The monoisotopic (exact) mass is 257 g/mol. The largest absolute Gasteiger partial charge is 0.395 e. The minimum Gasteiger partial charge on any atom is -0.395 e. The lowest BCUT2D eigenvalue weighted by molar-refractivity contribution is -0.139. The number of carbonyl (C=O) groups excluding carboxylic acids is 2. The van der Waals surface area contributed by atoms with Gasteiger partial charge in [-0.05, 0) is 25.2 Å². The highest BCUT2D eigenvalue weighted by molar-refractivity contribution is 5.87. The average molecular weight is 257 g/mol. The van der Waals surface area contributed by atoms with Crippen molar-refractivity contribution in [2.75, 3.05) is 13.2 Å². The SMILES string of the molecule is CC(C)C(NC(N)=O)C(=O)N(CCO)C1CCC1. The third-order valence-corrected chi connectivity index (χ3v) is 3.37. The molecule has 6 nitrogen and oxygen atoms in total. The lowest BCUT2D eigenvalue weighted by Crippen LogP contribution is -2.56. The quantitative estimate of drug-likeness (QED) is 0.627. The number of rotatable bonds is 6. The minimum absolute atomic E-state index is 0.0359. The van der Waals surface area contributed by atoms with E-state index in [4.69, 9.17) is 10.8 Å². The number of nitrogens with two attached hydrogens (primary N) is 1. The zero-order valence-electron chi connectivity index (χ0n) is 11.1. The normalized spacial score (nSPS) is 17.1. The van der Waals surface area contributed by atoms with Crippen molar-refractivity contribution in [1.29, 1.82) is 0 Å². The van der Waals surface area contributed by atoms with Crippen LogP contribution in [-0.2, 0) is 4.79 Å². The fraction of sp³-hybridized carbons (Fsp3) is 0.833. The Morgan fingerprint density at radius 3 is 2.39 bits per heavy atom. The van der Waals surface area contributed by atoms with Crippen LogP contribution in [0.25, 0.3) is 0 Å². The molecule has 0 aromatic heterocycles. The van der Waals surface area contributed by atoms with Crippen LogP contribution in [0.2, 0.25) is 0 Å². The van der Waals surface area contributed by atoms with Crippen LogP contribution in [0.3, 0.4) is 0 Å². The maximum absolute atomic E-state index is 12.4. The average Bonchev–Trinajstić information content (AvgIpc) is 2.21. The van der Waals surface area contributed by atoms with Crippen LogP contribution in [0.5, 0.6) is 0 Å². The first-order chi connectivity index (χ1) is 8.47. The van der Waals surface area contributed by atoms with Crippen LogP contribution in [0.4, 0.5) is 4.79 Å². The molecule has 104 valence electrons. The molecule has 18 heavy (non-hydrogen) atoms. The van der Waals surface area contributed by atoms with E-state index < -0.39 is 12.1 Å². The first-order valence-electron chi connectivity index (χ1n) is 6.44. The molecule has 0 saturated heterocycles. The van der Waals surface area contributed by atoms with Gasteiger partial charge in [-0.25, -0.2) is 4.79 Å². The zero-order valence-corrected chi connectivity index (χ0v) is 11.1. The fourth-order valence-electron chi connectivity index (χ4n) is 2.12. The van der Waals surface area contributed by atoms with E-state index in [-0.39, 0.29) is 24.5 Å². The highest BCUT2D eigenvalue weighted by Gasteiger charge is 2.34. The summed E-state index contributed by atoms with van der Waals surface area (Å²) >= 11 is 0. The molecule has 1 aliphatic carbocycles. The molecule has 0 heterocycles. The highest BCUT2D eigenvalue weighted by Crippen LogP contribution is 2.25. The Hall–Kier alpha value is -1.30. The summed E-state index contributed by atoms with van der Waals surface area (Å²) < 4.78 is 0. The number of primary amides is 1. The topological polar surface area (TPSA) is 95.7 Å². The molecule has 0 aromatic carbocycles. The second-order valence-corrected chi connectivity index (χ2v) is 5.07. The van der Waals surface area contributed by atoms with Gasteiger partial charge in [-0.15, -0.1) is 0 Å². The van der Waals surface area contributed by atoms with Crippen molar-refractivity contribution < 1.29 is 14.7 Å². The summed E-state index contributed by atoms with van der Waals surface area (Å²) in [5, 5.41) is 11.5. The van der Waals surface area contributed by atoms with E-state index in [0.29, 0.717) is 6.54 Å². The summed E-state index contributed by atoms with van der Waals surface area (Å²) in [6.45, 7) is 3.96. The molecule has 1 fully saturated rings. The third kappa shape index (κ3) is 3.60. The van der Waals surface area contributed by atoms with E-state index in [2.05, 4.69) is 5.32 Å². The molecule has 1 atom stereocenters. The minimum atomic E-state index is -0.695. The molecule has 1 aliphatic rings. The van der Waals surface area contributed by atoms with E-state index in [1.54, 1.807) is 4.90 Å². The zero-order chi connectivity index (χ0) is 13.7. The van der Waals surface area contributed by atoms with Crippen molar-refractivity contribution in [2.45, 2.75) is 45.2 Å². The summed E-state index contributed by atoms with van der Waals surface area (Å²) in [4.78, 5) is 25.0.